The number of halogens is 2. The van der Waals surface area contributed by atoms with Gasteiger partial charge in [-0.2, -0.15) is 0 Å². The Kier molecular flexibility index (Phi) is 6.25. The van der Waals surface area contributed by atoms with E-state index in [-0.39, 0.29) is 24.2 Å². The molecule has 6 nitrogen and oxygen atoms in total. The molecule has 2 saturated heterocycles. The number of piperidine rings is 1. The van der Waals surface area contributed by atoms with Crippen LogP contribution in [0.25, 0.3) is 21.2 Å². The number of urea groups is 1. The Morgan fingerprint density at radius 2 is 1.88 bits per heavy atom. The highest BCUT2D eigenvalue weighted by Crippen LogP contribution is 2.36. The normalized spacial score (nSPS) is 22.3. The van der Waals surface area contributed by atoms with Crippen molar-refractivity contribution in [1.29, 1.82) is 0 Å². The summed E-state index contributed by atoms with van der Waals surface area (Å²) in [6.07, 6.45) is 6.89. The van der Waals surface area contributed by atoms with Crippen molar-refractivity contribution < 1.29 is 13.6 Å². The molecule has 0 spiro atoms. The quantitative estimate of drug-likeness (QED) is 0.525. The van der Waals surface area contributed by atoms with E-state index in [1.807, 2.05) is 30.2 Å². The first-order valence-electron chi connectivity index (χ1n) is 11.3. The zero-order valence-electron chi connectivity index (χ0n) is 18.4. The summed E-state index contributed by atoms with van der Waals surface area (Å²) in [7, 11) is 0. The van der Waals surface area contributed by atoms with Crippen molar-refractivity contribution in [1.82, 2.24) is 20.2 Å². The zero-order valence-corrected chi connectivity index (χ0v) is 19.2. The summed E-state index contributed by atoms with van der Waals surface area (Å²) in [6.45, 7) is 0.550. The topological polar surface area (TPSA) is 70.2 Å². The number of hydrogen-bond donors (Lipinski definition) is 2. The Morgan fingerprint density at radius 1 is 1.12 bits per heavy atom. The summed E-state index contributed by atoms with van der Waals surface area (Å²) in [4.78, 5) is 24.9. The smallest absolute Gasteiger partial charge is 0.318 e. The minimum absolute atomic E-state index is 0.0376. The molecule has 2 aliphatic rings. The molecule has 2 aliphatic heterocycles. The molecular formula is C24H27F2N5OS. The predicted octanol–water partition coefficient (Wildman–Crippen LogP) is 5.09. The highest BCUT2D eigenvalue weighted by molar-refractivity contribution is 7.15. The number of thiazole rings is 1. The van der Waals surface area contributed by atoms with E-state index in [0.29, 0.717) is 18.7 Å². The lowest BCUT2D eigenvalue weighted by Gasteiger charge is -2.39. The SMILES string of the molecule is Cc1ncc(-c2ccc3cnc(NC(=O)N4[C@@H]5CC[C@H]4CC(NC(CF)CF)C5)cc3c2)s1. The van der Waals surface area contributed by atoms with Crippen LogP contribution in [0.2, 0.25) is 0 Å². The molecule has 0 saturated carbocycles. The van der Waals surface area contributed by atoms with E-state index in [4.69, 9.17) is 0 Å². The van der Waals surface area contributed by atoms with Crippen LogP contribution in [0, 0.1) is 6.92 Å². The molecule has 3 atom stereocenters. The molecule has 0 radical (unpaired) electrons. The van der Waals surface area contributed by atoms with Crippen molar-refractivity contribution in [3.05, 3.63) is 41.7 Å². The first-order valence-corrected chi connectivity index (χ1v) is 12.2. The van der Waals surface area contributed by atoms with E-state index in [1.165, 1.54) is 0 Å². The molecule has 2 amide bonds. The lowest BCUT2D eigenvalue weighted by Crippen LogP contribution is -2.54. The second kappa shape index (κ2) is 9.30. The van der Waals surface area contributed by atoms with Crippen LogP contribution in [0.15, 0.2) is 36.7 Å². The number of aromatic nitrogens is 2. The Labute approximate surface area is 195 Å². The van der Waals surface area contributed by atoms with Crippen LogP contribution in [-0.4, -0.2) is 58.4 Å². The molecule has 1 aromatic carbocycles. The van der Waals surface area contributed by atoms with Crippen molar-refractivity contribution in [3.63, 3.8) is 0 Å². The fourth-order valence-electron chi connectivity index (χ4n) is 5.14. The van der Waals surface area contributed by atoms with E-state index in [0.717, 1.165) is 39.1 Å². The van der Waals surface area contributed by atoms with Gasteiger partial charge in [-0.1, -0.05) is 12.1 Å². The van der Waals surface area contributed by atoms with Crippen LogP contribution in [0.1, 0.15) is 30.7 Å². The van der Waals surface area contributed by atoms with Crippen molar-refractivity contribution in [2.45, 2.75) is 56.8 Å². The molecule has 4 heterocycles. The Bertz CT molecular complexity index is 1140. The van der Waals surface area contributed by atoms with E-state index >= 15 is 0 Å². The van der Waals surface area contributed by atoms with Crippen molar-refractivity contribution >= 4 is 34.0 Å². The number of amides is 2. The number of nitrogens with zero attached hydrogens (tertiary/aromatic N) is 3. The average molecular weight is 472 g/mol. The number of benzene rings is 1. The number of nitrogens with one attached hydrogen (secondary N) is 2. The van der Waals surface area contributed by atoms with Crippen molar-refractivity contribution in [2.75, 3.05) is 18.7 Å². The molecule has 5 rings (SSSR count). The molecular weight excluding hydrogens is 444 g/mol. The minimum Gasteiger partial charge on any atom is -0.318 e. The molecule has 2 bridgehead atoms. The van der Waals surface area contributed by atoms with Crippen LogP contribution < -0.4 is 10.6 Å². The summed E-state index contributed by atoms with van der Waals surface area (Å²) >= 11 is 1.65. The van der Waals surface area contributed by atoms with E-state index < -0.39 is 19.4 Å². The summed E-state index contributed by atoms with van der Waals surface area (Å²) in [5, 5.41) is 9.07. The lowest BCUT2D eigenvalue weighted by molar-refractivity contribution is 0.133. The van der Waals surface area contributed by atoms with Crippen LogP contribution >= 0.6 is 11.3 Å². The van der Waals surface area contributed by atoms with Gasteiger partial charge in [-0.15, -0.1) is 11.3 Å². The van der Waals surface area contributed by atoms with Crippen LogP contribution in [-0.2, 0) is 0 Å². The number of hydrogen-bond acceptors (Lipinski definition) is 5. The number of pyridine rings is 1. The largest absolute Gasteiger partial charge is 0.323 e. The Hall–Kier alpha value is -2.65. The number of carbonyl (C=O) groups excluding carboxylic acids is 1. The molecule has 174 valence electrons. The zero-order chi connectivity index (χ0) is 22.9. The summed E-state index contributed by atoms with van der Waals surface area (Å²) < 4.78 is 25.8. The van der Waals surface area contributed by atoms with Gasteiger partial charge in [0.05, 0.1) is 15.9 Å². The van der Waals surface area contributed by atoms with Crippen molar-refractivity contribution in [2.24, 2.45) is 0 Å². The van der Waals surface area contributed by atoms with Gasteiger partial charge < -0.3 is 10.2 Å². The first kappa shape index (κ1) is 22.2. The predicted molar refractivity (Wildman–Crippen MR) is 127 cm³/mol. The number of carbonyl (C=O) groups is 1. The second-order valence-electron chi connectivity index (χ2n) is 8.94. The van der Waals surface area contributed by atoms with E-state index in [2.05, 4.69) is 32.7 Å². The monoisotopic (exact) mass is 471 g/mol. The molecule has 0 aliphatic carbocycles. The van der Waals surface area contributed by atoms with Gasteiger partial charge in [0, 0.05) is 35.9 Å². The minimum atomic E-state index is -0.754. The number of anilines is 1. The molecule has 2 aromatic heterocycles. The van der Waals surface area contributed by atoms with E-state index in [9.17, 15) is 13.6 Å². The highest BCUT2D eigenvalue weighted by atomic mass is 32.1. The number of aryl methyl sites for hydroxylation is 1. The van der Waals surface area contributed by atoms with Gasteiger partial charge in [0.1, 0.15) is 19.2 Å². The molecule has 33 heavy (non-hydrogen) atoms. The molecule has 2 N–H and O–H groups in total. The molecule has 3 aromatic rings. The van der Waals surface area contributed by atoms with Gasteiger partial charge in [0.25, 0.3) is 0 Å². The maximum absolute atomic E-state index is 13.1. The standard InChI is InChI=1S/C24H27F2N5OS/c1-14-27-13-22(33-14)15-2-3-16-12-28-23(7-17(16)6-15)30-24(32)31-20-4-5-21(31)9-18(8-20)29-19(10-25)11-26/h2-3,6-7,12-13,18-21,29H,4-5,8-11H2,1H3,(H,28,30,32)/t18?,20-,21+. The number of rotatable bonds is 6. The van der Waals surface area contributed by atoms with Gasteiger partial charge in [0.2, 0.25) is 0 Å². The Morgan fingerprint density at radius 3 is 2.55 bits per heavy atom. The number of alkyl halides is 2. The summed E-state index contributed by atoms with van der Waals surface area (Å²) in [5.41, 5.74) is 1.09. The molecule has 2 fully saturated rings. The van der Waals surface area contributed by atoms with E-state index in [1.54, 1.807) is 17.5 Å². The second-order valence-corrected chi connectivity index (χ2v) is 10.2. The van der Waals surface area contributed by atoms with Crippen molar-refractivity contribution in [3.8, 4) is 10.4 Å². The lowest BCUT2D eigenvalue weighted by atomic mass is 9.97. The van der Waals surface area contributed by atoms with Crippen LogP contribution in [0.5, 0.6) is 0 Å². The third-order valence-corrected chi connectivity index (χ3v) is 7.64. The fourth-order valence-corrected chi connectivity index (χ4v) is 5.91. The maximum Gasteiger partial charge on any atom is 0.323 e. The van der Waals surface area contributed by atoms with Crippen LogP contribution in [0.4, 0.5) is 19.4 Å². The fraction of sp³-hybridized carbons (Fsp3) is 0.458. The number of fused-ring (bicyclic) bond motifs is 3. The van der Waals surface area contributed by atoms with Gasteiger partial charge in [-0.25, -0.2) is 23.5 Å². The first-order chi connectivity index (χ1) is 16.0. The third-order valence-electron chi connectivity index (χ3n) is 6.67. The maximum atomic E-state index is 13.1. The average Bonchev–Trinajstić information content (AvgIpc) is 3.37. The van der Waals surface area contributed by atoms with Gasteiger partial charge in [-0.3, -0.25) is 5.32 Å². The summed E-state index contributed by atoms with van der Waals surface area (Å²) in [5.74, 6) is 0.514. The Balaban J connectivity index is 1.29. The van der Waals surface area contributed by atoms with Crippen LogP contribution in [0.3, 0.4) is 0 Å². The highest BCUT2D eigenvalue weighted by Gasteiger charge is 2.43. The summed E-state index contributed by atoms with van der Waals surface area (Å²) in [6, 6.07) is 7.34. The molecule has 9 heteroatoms. The van der Waals surface area contributed by atoms with Gasteiger partial charge >= 0.3 is 6.03 Å². The van der Waals surface area contributed by atoms with Gasteiger partial charge in [-0.05, 0) is 55.7 Å². The third kappa shape index (κ3) is 4.56. The van der Waals surface area contributed by atoms with Gasteiger partial charge in [0.15, 0.2) is 0 Å². The molecule has 1 unspecified atom stereocenters.